The summed E-state index contributed by atoms with van der Waals surface area (Å²) < 4.78 is 0. The summed E-state index contributed by atoms with van der Waals surface area (Å²) in [6.45, 7) is 7.79. The number of carbonyl (C=O) groups excluding carboxylic acids is 1. The molecule has 7 heteroatoms. The highest BCUT2D eigenvalue weighted by Crippen LogP contribution is 1.93. The van der Waals surface area contributed by atoms with E-state index in [-0.39, 0.29) is 18.5 Å². The van der Waals surface area contributed by atoms with Crippen molar-refractivity contribution in [1.82, 2.24) is 15.5 Å². The van der Waals surface area contributed by atoms with E-state index in [1.165, 1.54) is 6.20 Å². The lowest BCUT2D eigenvalue weighted by atomic mass is 10.2. The number of carbonyl (C=O) groups is 2. The number of amides is 1. The molecule has 0 rings (SSSR count). The van der Waals surface area contributed by atoms with E-state index < -0.39 is 11.9 Å². The number of aliphatic carboxylic acids is 1. The maximum absolute atomic E-state index is 11.7. The summed E-state index contributed by atoms with van der Waals surface area (Å²) in [6.07, 6.45) is 1.74. The second-order valence-electron chi connectivity index (χ2n) is 4.40. The molecule has 0 aliphatic carbocycles. The van der Waals surface area contributed by atoms with Gasteiger partial charge in [0.2, 0.25) is 0 Å². The lowest BCUT2D eigenvalue weighted by Crippen LogP contribution is -2.31. The van der Waals surface area contributed by atoms with Gasteiger partial charge in [-0.3, -0.25) is 9.59 Å². The fraction of sp³-hybridized carbons (Fsp3) is 0.643. The fourth-order valence-corrected chi connectivity index (χ4v) is 1.62. The first kappa shape index (κ1) is 18.9. The topological polar surface area (TPSA) is 105 Å². The number of likely N-dealkylation sites (N-methyl/N-ethyl adjacent to an activating group) is 1. The predicted molar refractivity (Wildman–Crippen MR) is 79.4 cm³/mol. The van der Waals surface area contributed by atoms with Crippen molar-refractivity contribution in [2.24, 2.45) is 0 Å². The minimum atomic E-state index is -0.904. The molecule has 0 atom stereocenters. The molecule has 21 heavy (non-hydrogen) atoms. The first-order chi connectivity index (χ1) is 10.0. The van der Waals surface area contributed by atoms with Crippen LogP contribution in [0.4, 0.5) is 0 Å². The Bertz CT molecular complexity index is 398. The highest BCUT2D eigenvalue weighted by atomic mass is 16.4. The largest absolute Gasteiger partial charge is 0.481 e. The zero-order valence-corrected chi connectivity index (χ0v) is 12.7. The Balaban J connectivity index is 4.06. The van der Waals surface area contributed by atoms with E-state index in [0.717, 1.165) is 19.6 Å². The summed E-state index contributed by atoms with van der Waals surface area (Å²) >= 11 is 0. The number of rotatable bonds is 11. The van der Waals surface area contributed by atoms with Crippen LogP contribution in [0, 0.1) is 11.3 Å². The Morgan fingerprint density at radius 2 is 1.95 bits per heavy atom. The molecule has 0 saturated carbocycles. The van der Waals surface area contributed by atoms with Crippen LogP contribution in [0.25, 0.3) is 0 Å². The zero-order chi connectivity index (χ0) is 16.1. The molecule has 0 aromatic carbocycles. The molecule has 0 aliphatic rings. The standard InChI is InChI=1S/C14H24N4O3/c1-3-18(4-2)9-8-16-11-12(10-15)14(21)17-7-5-6-13(19)20/h11,16H,3-9H2,1-2H3,(H,17,21)(H,19,20)/b12-11-. The van der Waals surface area contributed by atoms with Gasteiger partial charge in [-0.15, -0.1) is 0 Å². The molecule has 0 aromatic rings. The summed E-state index contributed by atoms with van der Waals surface area (Å²) in [7, 11) is 0. The van der Waals surface area contributed by atoms with E-state index in [1.54, 1.807) is 0 Å². The first-order valence-electron chi connectivity index (χ1n) is 7.11. The van der Waals surface area contributed by atoms with Crippen LogP contribution >= 0.6 is 0 Å². The van der Waals surface area contributed by atoms with E-state index in [9.17, 15) is 9.59 Å². The fourth-order valence-electron chi connectivity index (χ4n) is 1.62. The zero-order valence-electron chi connectivity index (χ0n) is 12.7. The highest BCUT2D eigenvalue weighted by molar-refractivity contribution is 5.97. The number of carboxylic acids is 1. The molecule has 0 fully saturated rings. The van der Waals surface area contributed by atoms with Gasteiger partial charge in [0.25, 0.3) is 5.91 Å². The molecule has 7 nitrogen and oxygen atoms in total. The maximum atomic E-state index is 11.7. The average molecular weight is 296 g/mol. The normalized spacial score (nSPS) is 11.0. The van der Waals surface area contributed by atoms with Crippen molar-refractivity contribution in [1.29, 1.82) is 5.26 Å². The van der Waals surface area contributed by atoms with E-state index in [1.807, 2.05) is 6.07 Å². The van der Waals surface area contributed by atoms with Gasteiger partial charge in [-0.05, 0) is 19.5 Å². The molecular weight excluding hydrogens is 272 g/mol. The third-order valence-electron chi connectivity index (χ3n) is 2.93. The van der Waals surface area contributed by atoms with E-state index in [4.69, 9.17) is 10.4 Å². The minimum absolute atomic E-state index is 0.00595. The average Bonchev–Trinajstić information content (AvgIpc) is 2.47. The van der Waals surface area contributed by atoms with Crippen molar-refractivity contribution >= 4 is 11.9 Å². The molecule has 0 saturated heterocycles. The van der Waals surface area contributed by atoms with Crippen LogP contribution in [0.5, 0.6) is 0 Å². The Labute approximate surface area is 125 Å². The number of hydrogen-bond acceptors (Lipinski definition) is 5. The monoisotopic (exact) mass is 296 g/mol. The number of hydrogen-bond donors (Lipinski definition) is 3. The molecule has 0 aliphatic heterocycles. The molecule has 1 amide bonds. The number of nitriles is 1. The Morgan fingerprint density at radius 3 is 2.48 bits per heavy atom. The maximum Gasteiger partial charge on any atom is 0.303 e. The third kappa shape index (κ3) is 9.46. The lowest BCUT2D eigenvalue weighted by molar-refractivity contribution is -0.137. The molecule has 3 N–H and O–H groups in total. The summed E-state index contributed by atoms with van der Waals surface area (Å²) in [5, 5.41) is 22.9. The van der Waals surface area contributed by atoms with Crippen LogP contribution in [-0.4, -0.2) is 54.6 Å². The Hall–Kier alpha value is -2.07. The molecule has 0 unspecified atom stereocenters. The molecule has 0 heterocycles. The second-order valence-corrected chi connectivity index (χ2v) is 4.40. The van der Waals surface area contributed by atoms with E-state index in [2.05, 4.69) is 29.4 Å². The summed E-state index contributed by atoms with van der Waals surface area (Å²) in [5.41, 5.74) is -0.00938. The Kier molecular flexibility index (Phi) is 10.6. The number of nitrogens with zero attached hydrogens (tertiary/aromatic N) is 2. The molecule has 0 bridgehead atoms. The van der Waals surface area contributed by atoms with Crippen molar-refractivity contribution in [2.45, 2.75) is 26.7 Å². The van der Waals surface area contributed by atoms with Crippen LogP contribution < -0.4 is 10.6 Å². The summed E-state index contributed by atoms with van der Waals surface area (Å²) in [4.78, 5) is 24.2. The lowest BCUT2D eigenvalue weighted by Gasteiger charge is -2.17. The van der Waals surface area contributed by atoms with Gasteiger partial charge in [-0.25, -0.2) is 0 Å². The first-order valence-corrected chi connectivity index (χ1v) is 7.11. The van der Waals surface area contributed by atoms with Gasteiger partial charge in [-0.1, -0.05) is 13.8 Å². The van der Waals surface area contributed by atoms with Gasteiger partial charge in [0.15, 0.2) is 0 Å². The van der Waals surface area contributed by atoms with Crippen LogP contribution in [0.3, 0.4) is 0 Å². The van der Waals surface area contributed by atoms with Crippen LogP contribution in [0.15, 0.2) is 11.8 Å². The highest BCUT2D eigenvalue weighted by Gasteiger charge is 2.08. The van der Waals surface area contributed by atoms with Gasteiger partial charge in [0.05, 0.1) is 0 Å². The van der Waals surface area contributed by atoms with Crippen molar-refractivity contribution < 1.29 is 14.7 Å². The summed E-state index contributed by atoms with van der Waals surface area (Å²) in [5.74, 6) is -1.39. The van der Waals surface area contributed by atoms with Crippen molar-refractivity contribution in [3.8, 4) is 6.07 Å². The smallest absolute Gasteiger partial charge is 0.303 e. The van der Waals surface area contributed by atoms with Gasteiger partial charge in [-0.2, -0.15) is 5.26 Å². The number of carboxylic acid groups (broad SMARTS) is 1. The SMILES string of the molecule is CCN(CC)CCN/C=C(/C#N)C(=O)NCCCC(=O)O. The van der Waals surface area contributed by atoms with Crippen LogP contribution in [-0.2, 0) is 9.59 Å². The van der Waals surface area contributed by atoms with Crippen LogP contribution in [0.1, 0.15) is 26.7 Å². The van der Waals surface area contributed by atoms with Gasteiger partial charge >= 0.3 is 5.97 Å². The van der Waals surface area contributed by atoms with E-state index >= 15 is 0 Å². The van der Waals surface area contributed by atoms with Crippen molar-refractivity contribution in [3.05, 3.63) is 11.8 Å². The van der Waals surface area contributed by atoms with Crippen LogP contribution in [0.2, 0.25) is 0 Å². The third-order valence-corrected chi connectivity index (χ3v) is 2.93. The quantitative estimate of drug-likeness (QED) is 0.288. The molecule has 118 valence electrons. The van der Waals surface area contributed by atoms with Gasteiger partial charge in [0.1, 0.15) is 11.6 Å². The predicted octanol–water partition coefficient (Wildman–Crippen LogP) is 0.306. The molecule has 0 radical (unpaired) electrons. The Morgan fingerprint density at radius 1 is 1.29 bits per heavy atom. The number of nitrogens with one attached hydrogen (secondary N) is 2. The van der Waals surface area contributed by atoms with Crippen molar-refractivity contribution in [3.63, 3.8) is 0 Å². The van der Waals surface area contributed by atoms with Crippen molar-refractivity contribution in [2.75, 3.05) is 32.7 Å². The second kappa shape index (κ2) is 11.7. The van der Waals surface area contributed by atoms with E-state index in [0.29, 0.717) is 13.0 Å². The minimum Gasteiger partial charge on any atom is -0.481 e. The molecule has 0 aromatic heterocycles. The van der Waals surface area contributed by atoms with Gasteiger partial charge < -0.3 is 20.6 Å². The van der Waals surface area contributed by atoms with Gasteiger partial charge in [0, 0.05) is 32.3 Å². The summed E-state index contributed by atoms with van der Waals surface area (Å²) in [6, 6.07) is 1.82. The molecular formula is C14H24N4O3. The molecule has 0 spiro atoms.